The molecule has 0 radical (unpaired) electrons. The Morgan fingerprint density at radius 3 is 2.41 bits per heavy atom. The maximum atomic E-state index is 13.4. The highest BCUT2D eigenvalue weighted by molar-refractivity contribution is 9.11. The molecule has 15 heteroatoms. The van der Waals surface area contributed by atoms with Gasteiger partial charge in [-0.2, -0.15) is 0 Å². The van der Waals surface area contributed by atoms with Crippen molar-refractivity contribution in [2.45, 2.75) is 6.92 Å². The van der Waals surface area contributed by atoms with E-state index < -0.39 is 44.6 Å². The fourth-order valence-electron chi connectivity index (χ4n) is 3.62. The normalized spacial score (nSPS) is 14.4. The van der Waals surface area contributed by atoms with Crippen LogP contribution in [0.3, 0.4) is 0 Å². The summed E-state index contributed by atoms with van der Waals surface area (Å²) in [5.74, 6) is -2.31. The number of carbonyl (C=O) groups is 3. The largest absolute Gasteiger partial charge is 0.448 e. The summed E-state index contributed by atoms with van der Waals surface area (Å²) in [5, 5.41) is 25.1. The van der Waals surface area contributed by atoms with E-state index in [9.17, 15) is 34.6 Å². The zero-order valence-electron chi connectivity index (χ0n) is 19.4. The first-order valence-electron chi connectivity index (χ1n) is 10.6. The second-order valence-corrected chi connectivity index (χ2v) is 10.1. The van der Waals surface area contributed by atoms with Gasteiger partial charge in [-0.15, -0.1) is 0 Å². The summed E-state index contributed by atoms with van der Waals surface area (Å²) in [6.07, 6.45) is 1.15. The van der Waals surface area contributed by atoms with Crippen molar-refractivity contribution in [3.05, 3.63) is 99.4 Å². The van der Waals surface area contributed by atoms with E-state index in [1.54, 1.807) is 25.1 Å². The molecule has 0 saturated carbocycles. The van der Waals surface area contributed by atoms with Crippen molar-refractivity contribution >= 4 is 84.4 Å². The van der Waals surface area contributed by atoms with Crippen LogP contribution in [0.4, 0.5) is 21.9 Å². The molecule has 12 nitrogen and oxygen atoms in total. The van der Waals surface area contributed by atoms with Crippen LogP contribution in [0.2, 0.25) is 5.02 Å². The number of carbonyl (C=O) groups excluding carboxylic acids is 3. The van der Waals surface area contributed by atoms with Crippen molar-refractivity contribution in [1.29, 1.82) is 0 Å². The fraction of sp³-hybridized carbons (Fsp3) is 0.0417. The number of hydrogen-bond acceptors (Lipinski definition) is 8. The maximum Gasteiger partial charge on any atom is 0.335 e. The molecule has 0 aliphatic carbocycles. The van der Waals surface area contributed by atoms with E-state index >= 15 is 0 Å². The van der Waals surface area contributed by atoms with Crippen molar-refractivity contribution in [3.8, 4) is 11.5 Å². The standard InChI is InChI=1S/C24H13Br2ClN4O8/c1-11-17(27)3-2-4-18(11)29-23(33)15(22(32)28-24(29)34)8-12-7-13(25)9-16(26)21(12)39-20-6-5-14(30(35)36)10-19(20)31(37)38/h2-10H,1H3,(H,28,32,34)/b15-8+. The first kappa shape index (κ1) is 27.9. The molecule has 198 valence electrons. The number of anilines is 1. The van der Waals surface area contributed by atoms with E-state index in [-0.39, 0.29) is 27.2 Å². The molecule has 4 rings (SSSR count). The predicted molar refractivity (Wildman–Crippen MR) is 147 cm³/mol. The number of nitro benzene ring substituents is 2. The smallest absolute Gasteiger partial charge is 0.335 e. The van der Waals surface area contributed by atoms with E-state index in [2.05, 4.69) is 37.2 Å². The van der Waals surface area contributed by atoms with Crippen LogP contribution in [0.15, 0.2) is 63.0 Å². The average Bonchev–Trinajstić information content (AvgIpc) is 2.86. The molecular formula is C24H13Br2ClN4O8. The number of imide groups is 2. The Kier molecular flexibility index (Phi) is 7.81. The zero-order chi connectivity index (χ0) is 28.6. The minimum atomic E-state index is -0.982. The molecule has 0 unspecified atom stereocenters. The van der Waals surface area contributed by atoms with Crippen LogP contribution in [-0.2, 0) is 9.59 Å². The average molecular weight is 681 g/mol. The summed E-state index contributed by atoms with van der Waals surface area (Å²) in [5.41, 5.74) is -0.941. The van der Waals surface area contributed by atoms with Crippen molar-refractivity contribution < 1.29 is 29.0 Å². The first-order valence-corrected chi connectivity index (χ1v) is 12.6. The van der Waals surface area contributed by atoms with E-state index in [0.717, 1.165) is 29.2 Å². The van der Waals surface area contributed by atoms with Gasteiger partial charge in [0.1, 0.15) is 11.3 Å². The fourth-order valence-corrected chi connectivity index (χ4v) is 5.13. The van der Waals surface area contributed by atoms with Gasteiger partial charge in [-0.05, 0) is 64.8 Å². The third-order valence-corrected chi connectivity index (χ3v) is 6.94. The highest BCUT2D eigenvalue weighted by Gasteiger charge is 2.38. The number of benzene rings is 3. The Labute approximate surface area is 240 Å². The second-order valence-electron chi connectivity index (χ2n) is 7.92. The highest BCUT2D eigenvalue weighted by Crippen LogP contribution is 2.41. The van der Waals surface area contributed by atoms with Gasteiger partial charge in [0, 0.05) is 21.1 Å². The first-order chi connectivity index (χ1) is 18.4. The van der Waals surface area contributed by atoms with Crippen LogP contribution >= 0.6 is 43.5 Å². The number of halogens is 3. The molecule has 1 fully saturated rings. The number of ether oxygens (including phenoxy) is 1. The molecule has 0 spiro atoms. The third-order valence-electron chi connectivity index (χ3n) is 5.48. The van der Waals surface area contributed by atoms with Crippen LogP contribution in [-0.4, -0.2) is 27.7 Å². The highest BCUT2D eigenvalue weighted by atomic mass is 79.9. The third kappa shape index (κ3) is 5.53. The van der Waals surface area contributed by atoms with Gasteiger partial charge >= 0.3 is 11.7 Å². The minimum absolute atomic E-state index is 0.0503. The van der Waals surface area contributed by atoms with Gasteiger partial charge in [0.2, 0.25) is 5.75 Å². The lowest BCUT2D eigenvalue weighted by molar-refractivity contribution is -0.394. The Hall–Kier alpha value is -4.14. The van der Waals surface area contributed by atoms with Crippen molar-refractivity contribution in [3.63, 3.8) is 0 Å². The summed E-state index contributed by atoms with van der Waals surface area (Å²) in [7, 11) is 0. The summed E-state index contributed by atoms with van der Waals surface area (Å²) >= 11 is 12.8. The van der Waals surface area contributed by atoms with E-state index in [1.165, 1.54) is 12.1 Å². The number of urea groups is 1. The Morgan fingerprint density at radius 2 is 1.74 bits per heavy atom. The van der Waals surface area contributed by atoms with Gasteiger partial charge in [0.05, 0.1) is 26.1 Å². The molecule has 3 aromatic carbocycles. The van der Waals surface area contributed by atoms with Crippen LogP contribution in [0.1, 0.15) is 11.1 Å². The van der Waals surface area contributed by atoms with Crippen molar-refractivity contribution in [2.75, 3.05) is 4.90 Å². The predicted octanol–water partition coefficient (Wildman–Crippen LogP) is 6.45. The quantitative estimate of drug-likeness (QED) is 0.134. The molecule has 3 aromatic rings. The van der Waals surface area contributed by atoms with Gasteiger partial charge in [-0.3, -0.25) is 35.1 Å². The van der Waals surface area contributed by atoms with Crippen LogP contribution < -0.4 is 15.0 Å². The molecule has 0 bridgehead atoms. The van der Waals surface area contributed by atoms with Crippen LogP contribution in [0, 0.1) is 27.2 Å². The molecule has 4 amide bonds. The molecule has 1 aliphatic heterocycles. The molecule has 0 aromatic heterocycles. The molecular weight excluding hydrogens is 668 g/mol. The molecule has 1 N–H and O–H groups in total. The topological polar surface area (TPSA) is 162 Å². The van der Waals surface area contributed by atoms with Crippen molar-refractivity contribution in [2.24, 2.45) is 0 Å². The molecule has 1 heterocycles. The maximum absolute atomic E-state index is 13.4. The lowest BCUT2D eigenvalue weighted by Gasteiger charge is -2.28. The van der Waals surface area contributed by atoms with Crippen LogP contribution in [0.5, 0.6) is 11.5 Å². The van der Waals surface area contributed by atoms with E-state index in [0.29, 0.717) is 15.1 Å². The summed E-state index contributed by atoms with van der Waals surface area (Å²) in [4.78, 5) is 60.6. The number of barbiturate groups is 1. The van der Waals surface area contributed by atoms with Crippen LogP contribution in [0.25, 0.3) is 6.08 Å². The van der Waals surface area contributed by atoms with Gasteiger partial charge < -0.3 is 4.74 Å². The number of nitro groups is 2. The molecule has 1 saturated heterocycles. The number of rotatable bonds is 6. The number of nitrogens with one attached hydrogen (secondary N) is 1. The number of amides is 4. The lowest BCUT2D eigenvalue weighted by atomic mass is 10.0. The second kappa shape index (κ2) is 10.9. The molecule has 1 aliphatic rings. The van der Waals surface area contributed by atoms with Gasteiger partial charge in [-0.25, -0.2) is 9.69 Å². The summed E-state index contributed by atoms with van der Waals surface area (Å²) in [6.45, 7) is 1.60. The zero-order valence-corrected chi connectivity index (χ0v) is 23.4. The van der Waals surface area contributed by atoms with Gasteiger partial charge in [0.25, 0.3) is 17.5 Å². The monoisotopic (exact) mass is 678 g/mol. The van der Waals surface area contributed by atoms with Gasteiger partial charge in [-0.1, -0.05) is 33.6 Å². The number of non-ortho nitro benzene ring substituents is 1. The number of hydrogen-bond donors (Lipinski definition) is 1. The summed E-state index contributed by atoms with van der Waals surface area (Å²) in [6, 6.07) is 9.48. The molecule has 0 atom stereocenters. The SMILES string of the molecule is Cc1c(Cl)cccc1N1C(=O)NC(=O)/C(=C\c2cc(Br)cc(Br)c2Oc2ccc([N+](=O)[O-])cc2[N+](=O)[O-])C1=O. The summed E-state index contributed by atoms with van der Waals surface area (Å²) < 4.78 is 6.53. The Balaban J connectivity index is 1.83. The minimum Gasteiger partial charge on any atom is -0.448 e. The van der Waals surface area contributed by atoms with Gasteiger partial charge in [0.15, 0.2) is 0 Å². The molecule has 39 heavy (non-hydrogen) atoms. The van der Waals surface area contributed by atoms with E-state index in [1.807, 2.05) is 0 Å². The van der Waals surface area contributed by atoms with E-state index in [4.69, 9.17) is 16.3 Å². The lowest BCUT2D eigenvalue weighted by Crippen LogP contribution is -2.54. The van der Waals surface area contributed by atoms with Crippen molar-refractivity contribution in [1.82, 2.24) is 5.32 Å². The Bertz CT molecular complexity index is 1640. The number of nitrogens with zero attached hydrogens (tertiary/aromatic N) is 3. The Morgan fingerprint density at radius 1 is 1.03 bits per heavy atom.